The Labute approximate surface area is 86.9 Å². The molecule has 0 amide bonds. The van der Waals surface area contributed by atoms with E-state index in [2.05, 4.69) is 19.6 Å². The van der Waals surface area contributed by atoms with E-state index in [0.29, 0.717) is 5.92 Å². The lowest BCUT2D eigenvalue weighted by atomic mass is 9.80. The second kappa shape index (κ2) is 3.77. The predicted octanol–water partition coefficient (Wildman–Crippen LogP) is 2.17. The first-order valence-electron chi connectivity index (χ1n) is 5.12. The first-order chi connectivity index (χ1) is 6.34. The Morgan fingerprint density at radius 2 is 2.21 bits per heavy atom. The average molecular weight is 195 g/mol. The molecular weight excluding hydrogens is 174 g/mol. The summed E-state index contributed by atoms with van der Waals surface area (Å²) in [5, 5.41) is 10.2. The second-order valence-corrected chi connectivity index (χ2v) is 4.71. The molecule has 2 atom stereocenters. The molecule has 2 heteroatoms. The lowest BCUT2D eigenvalue weighted by Gasteiger charge is -2.37. The number of likely N-dealkylation sites (N-methyl/N-ethyl adjacent to an activating group) is 1. The Balaban J connectivity index is 2.97. The van der Waals surface area contributed by atoms with Gasteiger partial charge in [-0.25, -0.2) is 0 Å². The minimum Gasteiger partial charge on any atom is -0.384 e. The molecule has 0 radical (unpaired) electrons. The van der Waals surface area contributed by atoms with Crippen molar-refractivity contribution >= 4 is 0 Å². The van der Waals surface area contributed by atoms with Crippen molar-refractivity contribution in [2.24, 2.45) is 5.92 Å². The zero-order valence-electron chi connectivity index (χ0n) is 9.67. The third-order valence-electron chi connectivity index (χ3n) is 2.97. The molecule has 1 aliphatic carbocycles. The van der Waals surface area contributed by atoms with Gasteiger partial charge < -0.3 is 10.0 Å². The average Bonchev–Trinajstić information content (AvgIpc) is 2.02. The molecule has 0 aromatic heterocycles. The molecule has 1 aliphatic rings. The molecule has 0 spiro atoms. The van der Waals surface area contributed by atoms with Crippen LogP contribution in [0.15, 0.2) is 23.9 Å². The highest BCUT2D eigenvalue weighted by Gasteiger charge is 2.32. The van der Waals surface area contributed by atoms with Gasteiger partial charge in [0.25, 0.3) is 0 Å². The van der Waals surface area contributed by atoms with E-state index in [1.807, 2.05) is 25.9 Å². The van der Waals surface area contributed by atoms with Crippen molar-refractivity contribution in [3.8, 4) is 0 Å². The molecule has 0 aromatic carbocycles. The van der Waals surface area contributed by atoms with Crippen molar-refractivity contribution in [2.75, 3.05) is 14.1 Å². The van der Waals surface area contributed by atoms with E-state index in [0.717, 1.165) is 18.5 Å². The van der Waals surface area contributed by atoms with Crippen LogP contribution in [0.4, 0.5) is 0 Å². The number of aliphatic hydroxyl groups is 1. The number of nitrogens with zero attached hydrogens (tertiary/aromatic N) is 1. The van der Waals surface area contributed by atoms with Gasteiger partial charge in [0.15, 0.2) is 0 Å². The normalized spacial score (nSPS) is 32.4. The molecule has 2 nitrogen and oxygen atoms in total. The van der Waals surface area contributed by atoms with Crippen LogP contribution in [0.3, 0.4) is 0 Å². The van der Waals surface area contributed by atoms with Gasteiger partial charge in [-0.2, -0.15) is 0 Å². The summed E-state index contributed by atoms with van der Waals surface area (Å²) in [4.78, 5) is 2.00. The molecular formula is C12H21NO. The van der Waals surface area contributed by atoms with Crippen molar-refractivity contribution < 1.29 is 5.11 Å². The molecule has 0 aromatic rings. The molecule has 0 saturated carbocycles. The molecule has 14 heavy (non-hydrogen) atoms. The van der Waals surface area contributed by atoms with E-state index in [9.17, 15) is 5.11 Å². The maximum absolute atomic E-state index is 10.2. The Morgan fingerprint density at radius 1 is 1.64 bits per heavy atom. The van der Waals surface area contributed by atoms with Gasteiger partial charge in [-0.3, -0.25) is 0 Å². The van der Waals surface area contributed by atoms with Crippen LogP contribution >= 0.6 is 0 Å². The minimum atomic E-state index is -0.671. The van der Waals surface area contributed by atoms with Gasteiger partial charge in [-0.05, 0) is 32.6 Å². The number of allylic oxidation sites excluding steroid dienone is 2. The van der Waals surface area contributed by atoms with Crippen LogP contribution in [0.25, 0.3) is 0 Å². The SMILES string of the molecule is C=C(C)[C@@H]1C=C(N(C)C)[C@](C)(O)CC1. The summed E-state index contributed by atoms with van der Waals surface area (Å²) in [6.45, 7) is 7.91. The van der Waals surface area contributed by atoms with E-state index in [4.69, 9.17) is 0 Å². The van der Waals surface area contributed by atoms with Gasteiger partial charge >= 0.3 is 0 Å². The van der Waals surface area contributed by atoms with Crippen molar-refractivity contribution in [1.82, 2.24) is 4.90 Å². The molecule has 0 unspecified atom stereocenters. The highest BCUT2D eigenvalue weighted by molar-refractivity contribution is 5.23. The lowest BCUT2D eigenvalue weighted by Crippen LogP contribution is -2.38. The van der Waals surface area contributed by atoms with E-state index < -0.39 is 5.60 Å². The van der Waals surface area contributed by atoms with Gasteiger partial charge in [0.2, 0.25) is 0 Å². The molecule has 0 heterocycles. The highest BCUT2D eigenvalue weighted by Crippen LogP contribution is 2.35. The molecule has 80 valence electrons. The molecule has 0 aliphatic heterocycles. The monoisotopic (exact) mass is 195 g/mol. The second-order valence-electron chi connectivity index (χ2n) is 4.71. The minimum absolute atomic E-state index is 0.424. The fourth-order valence-electron chi connectivity index (χ4n) is 2.04. The summed E-state index contributed by atoms with van der Waals surface area (Å²) in [6, 6.07) is 0. The zero-order chi connectivity index (χ0) is 10.9. The van der Waals surface area contributed by atoms with Crippen LogP contribution < -0.4 is 0 Å². The van der Waals surface area contributed by atoms with Crippen molar-refractivity contribution in [2.45, 2.75) is 32.3 Å². The van der Waals surface area contributed by atoms with Crippen LogP contribution in [0.2, 0.25) is 0 Å². The third-order valence-corrected chi connectivity index (χ3v) is 2.97. The number of hydrogen-bond donors (Lipinski definition) is 1. The van der Waals surface area contributed by atoms with Crippen LogP contribution in [0.5, 0.6) is 0 Å². The quantitative estimate of drug-likeness (QED) is 0.683. The van der Waals surface area contributed by atoms with Crippen molar-refractivity contribution in [3.63, 3.8) is 0 Å². The van der Waals surface area contributed by atoms with Crippen LogP contribution in [-0.2, 0) is 0 Å². The molecule has 0 saturated heterocycles. The van der Waals surface area contributed by atoms with Gasteiger partial charge in [-0.15, -0.1) is 0 Å². The Hall–Kier alpha value is -0.760. The lowest BCUT2D eigenvalue weighted by molar-refractivity contribution is 0.0523. The molecule has 0 fully saturated rings. The summed E-state index contributed by atoms with van der Waals surface area (Å²) in [5.74, 6) is 0.424. The highest BCUT2D eigenvalue weighted by atomic mass is 16.3. The summed E-state index contributed by atoms with van der Waals surface area (Å²) in [6.07, 6.45) is 3.96. The Morgan fingerprint density at radius 3 is 2.64 bits per heavy atom. The summed E-state index contributed by atoms with van der Waals surface area (Å²) in [7, 11) is 3.95. The van der Waals surface area contributed by atoms with Crippen LogP contribution in [0, 0.1) is 5.92 Å². The van der Waals surface area contributed by atoms with E-state index in [1.165, 1.54) is 5.57 Å². The largest absolute Gasteiger partial charge is 0.384 e. The smallest absolute Gasteiger partial charge is 0.101 e. The maximum atomic E-state index is 10.2. The molecule has 1 rings (SSSR count). The van der Waals surface area contributed by atoms with E-state index in [-0.39, 0.29) is 0 Å². The van der Waals surface area contributed by atoms with Crippen LogP contribution in [0.1, 0.15) is 26.7 Å². The topological polar surface area (TPSA) is 23.5 Å². The van der Waals surface area contributed by atoms with Crippen molar-refractivity contribution in [3.05, 3.63) is 23.9 Å². The van der Waals surface area contributed by atoms with Crippen molar-refractivity contribution in [1.29, 1.82) is 0 Å². The zero-order valence-corrected chi connectivity index (χ0v) is 9.67. The van der Waals surface area contributed by atoms with Gasteiger partial charge in [0.05, 0.1) is 0 Å². The maximum Gasteiger partial charge on any atom is 0.101 e. The van der Waals surface area contributed by atoms with Gasteiger partial charge in [0, 0.05) is 19.8 Å². The molecule has 0 bridgehead atoms. The number of hydrogen-bond acceptors (Lipinski definition) is 2. The standard InChI is InChI=1S/C12H21NO/c1-9(2)10-6-7-12(3,14)11(8-10)13(4)5/h8,10,14H,1,6-7H2,2-5H3/t10-,12+/m0/s1. The first-order valence-corrected chi connectivity index (χ1v) is 5.12. The third kappa shape index (κ3) is 2.18. The Kier molecular flexibility index (Phi) is 3.05. The van der Waals surface area contributed by atoms with Crippen LogP contribution in [-0.4, -0.2) is 29.7 Å². The fraction of sp³-hybridized carbons (Fsp3) is 0.667. The van der Waals surface area contributed by atoms with Gasteiger partial charge in [0.1, 0.15) is 5.60 Å². The molecule has 1 N–H and O–H groups in total. The predicted molar refractivity (Wildman–Crippen MR) is 59.9 cm³/mol. The summed E-state index contributed by atoms with van der Waals surface area (Å²) in [5.41, 5.74) is 1.52. The van der Waals surface area contributed by atoms with E-state index >= 15 is 0 Å². The van der Waals surface area contributed by atoms with E-state index in [1.54, 1.807) is 0 Å². The van der Waals surface area contributed by atoms with Gasteiger partial charge in [-0.1, -0.05) is 18.2 Å². The Bertz CT molecular complexity index is 263. The fourth-order valence-corrected chi connectivity index (χ4v) is 2.04. The summed E-state index contributed by atoms with van der Waals surface area (Å²) < 4.78 is 0. The summed E-state index contributed by atoms with van der Waals surface area (Å²) >= 11 is 0. The number of rotatable bonds is 2. The first kappa shape index (κ1) is 11.3.